The smallest absolute Gasteiger partial charge is 0.254 e. The molecule has 4 aromatic heterocycles. The zero-order valence-electron chi connectivity index (χ0n) is 24.2. The van der Waals surface area contributed by atoms with E-state index in [2.05, 4.69) is 35.0 Å². The van der Waals surface area contributed by atoms with E-state index in [1.165, 1.54) is 12.8 Å². The second-order valence-corrected chi connectivity index (χ2v) is 12.7. The van der Waals surface area contributed by atoms with Crippen LogP contribution in [-0.4, -0.2) is 67.4 Å². The van der Waals surface area contributed by atoms with Gasteiger partial charge in [0.1, 0.15) is 17.0 Å². The number of pyridine rings is 2. The summed E-state index contributed by atoms with van der Waals surface area (Å²) in [7, 11) is 1.64. The molecule has 4 aliphatic rings. The molecule has 4 aromatic rings. The summed E-state index contributed by atoms with van der Waals surface area (Å²) >= 11 is 0. The van der Waals surface area contributed by atoms with E-state index in [0.29, 0.717) is 36.0 Å². The number of hydrogen-bond donors (Lipinski definition) is 2. The highest BCUT2D eigenvalue weighted by atomic mass is 16.5. The number of aryl methyl sites for hydroxylation is 1. The summed E-state index contributed by atoms with van der Waals surface area (Å²) in [5.74, 6) is 1.45. The molecular weight excluding hydrogens is 530 g/mol. The SMILES string of the molecule is COc1cc(C(=O)N2[C@H]3CC[C@@H]2[C@H](N)C3)cc2nc(-c3cc4ccc([C@@H]5CCNC(=O)C5)nc4n3CC3CC3)c(C)n12. The van der Waals surface area contributed by atoms with Gasteiger partial charge in [-0.1, -0.05) is 0 Å². The van der Waals surface area contributed by atoms with Gasteiger partial charge in [-0.15, -0.1) is 0 Å². The van der Waals surface area contributed by atoms with Crippen LogP contribution in [0.1, 0.15) is 72.6 Å². The highest BCUT2D eigenvalue weighted by molar-refractivity contribution is 5.97. The number of fused-ring (bicyclic) bond motifs is 4. The van der Waals surface area contributed by atoms with Gasteiger partial charge >= 0.3 is 0 Å². The van der Waals surface area contributed by atoms with Gasteiger partial charge in [0.05, 0.1) is 18.5 Å². The first-order valence-corrected chi connectivity index (χ1v) is 15.3. The maximum absolute atomic E-state index is 13.7. The molecule has 42 heavy (non-hydrogen) atoms. The van der Waals surface area contributed by atoms with Gasteiger partial charge < -0.3 is 25.3 Å². The van der Waals surface area contributed by atoms with Crippen molar-refractivity contribution in [2.45, 2.75) is 82.5 Å². The fourth-order valence-corrected chi connectivity index (χ4v) is 7.64. The van der Waals surface area contributed by atoms with Crippen molar-refractivity contribution in [1.82, 2.24) is 29.2 Å². The van der Waals surface area contributed by atoms with Crippen LogP contribution in [0.4, 0.5) is 0 Å². The van der Waals surface area contributed by atoms with E-state index in [-0.39, 0.29) is 35.9 Å². The van der Waals surface area contributed by atoms with Gasteiger partial charge in [0.25, 0.3) is 5.91 Å². The summed E-state index contributed by atoms with van der Waals surface area (Å²) in [5, 5.41) is 4.00. The van der Waals surface area contributed by atoms with Crippen molar-refractivity contribution in [3.63, 3.8) is 0 Å². The largest absolute Gasteiger partial charge is 0.482 e. The molecule has 218 valence electrons. The maximum Gasteiger partial charge on any atom is 0.254 e. The third-order valence-electron chi connectivity index (χ3n) is 10.0. The van der Waals surface area contributed by atoms with Crippen molar-refractivity contribution in [3.8, 4) is 17.3 Å². The third-order valence-corrected chi connectivity index (χ3v) is 10.0. The fourth-order valence-electron chi connectivity index (χ4n) is 7.64. The number of carbonyl (C=O) groups is 2. The first-order valence-electron chi connectivity index (χ1n) is 15.3. The lowest BCUT2D eigenvalue weighted by molar-refractivity contribution is -0.122. The minimum atomic E-state index is 0.00873. The topological polar surface area (TPSA) is 120 Å². The average Bonchev–Trinajstić information content (AvgIpc) is 3.31. The first kappa shape index (κ1) is 25.8. The molecule has 4 atom stereocenters. The molecule has 0 radical (unpaired) electrons. The predicted octanol–water partition coefficient (Wildman–Crippen LogP) is 3.78. The predicted molar refractivity (Wildman–Crippen MR) is 158 cm³/mol. The van der Waals surface area contributed by atoms with Crippen LogP contribution in [0.25, 0.3) is 28.1 Å². The Labute approximate surface area is 244 Å². The number of piperidine rings is 1. The van der Waals surface area contributed by atoms with E-state index in [4.69, 9.17) is 20.4 Å². The van der Waals surface area contributed by atoms with Crippen LogP contribution in [0.15, 0.2) is 30.3 Å². The lowest BCUT2D eigenvalue weighted by Crippen LogP contribution is -2.40. The third kappa shape index (κ3) is 4.02. The standard InChI is InChI=1S/C32H37N7O3/c1-17-30(36-27-12-21(14-29(42-2)38(17)27)32(41)39-22-6-8-25(39)23(33)15-22)26-11-20-5-7-24(19-9-10-34-28(40)13-19)35-31(20)37(26)16-18-3-4-18/h5,7,11-12,14,18-19,22-23,25H,3-4,6,8-10,13,15-16,33H2,1-2H3,(H,34,40)/t19-,22+,23-,25-/m1/s1. The van der Waals surface area contributed by atoms with Crippen LogP contribution < -0.4 is 15.8 Å². The minimum absolute atomic E-state index is 0.00873. The van der Waals surface area contributed by atoms with Crippen molar-refractivity contribution in [2.75, 3.05) is 13.7 Å². The number of hydrogen-bond acceptors (Lipinski definition) is 6. The summed E-state index contributed by atoms with van der Waals surface area (Å²) < 4.78 is 10.1. The highest BCUT2D eigenvalue weighted by Gasteiger charge is 2.47. The minimum Gasteiger partial charge on any atom is -0.482 e. The molecule has 10 heteroatoms. The van der Waals surface area contributed by atoms with E-state index in [0.717, 1.165) is 66.0 Å². The van der Waals surface area contributed by atoms with Crippen LogP contribution in [0.5, 0.6) is 5.88 Å². The summed E-state index contributed by atoms with van der Waals surface area (Å²) in [6, 6.07) is 10.5. The lowest BCUT2D eigenvalue weighted by Gasteiger charge is -2.23. The van der Waals surface area contributed by atoms with Crippen LogP contribution in [-0.2, 0) is 11.3 Å². The Morgan fingerprint density at radius 2 is 1.98 bits per heavy atom. The van der Waals surface area contributed by atoms with E-state index < -0.39 is 0 Å². The molecule has 1 aliphatic carbocycles. The number of aromatic nitrogens is 4. The molecule has 8 rings (SSSR count). The van der Waals surface area contributed by atoms with E-state index in [1.54, 1.807) is 7.11 Å². The molecule has 3 saturated heterocycles. The fraction of sp³-hybridized carbons (Fsp3) is 0.500. The molecule has 7 heterocycles. The summed E-state index contributed by atoms with van der Waals surface area (Å²) in [6.07, 6.45) is 6.67. The molecule has 10 nitrogen and oxygen atoms in total. The Bertz CT molecular complexity index is 1750. The monoisotopic (exact) mass is 567 g/mol. The molecule has 0 aromatic carbocycles. The Kier molecular flexibility index (Phi) is 5.86. The number of methoxy groups -OCH3 is 1. The number of ether oxygens (including phenoxy) is 1. The molecule has 4 fully saturated rings. The highest BCUT2D eigenvalue weighted by Crippen LogP contribution is 2.40. The average molecular weight is 568 g/mol. The van der Waals surface area contributed by atoms with E-state index in [1.807, 2.05) is 21.4 Å². The van der Waals surface area contributed by atoms with Crippen molar-refractivity contribution < 1.29 is 14.3 Å². The Hall–Kier alpha value is -3.92. The van der Waals surface area contributed by atoms with E-state index >= 15 is 0 Å². The van der Waals surface area contributed by atoms with Gasteiger partial charge in [-0.25, -0.2) is 9.97 Å². The van der Waals surface area contributed by atoms with Crippen LogP contribution in [0.2, 0.25) is 0 Å². The zero-order valence-corrected chi connectivity index (χ0v) is 24.2. The summed E-state index contributed by atoms with van der Waals surface area (Å²) in [4.78, 5) is 38.1. The Morgan fingerprint density at radius 3 is 2.69 bits per heavy atom. The quantitative estimate of drug-likeness (QED) is 0.366. The number of carbonyl (C=O) groups excluding carboxylic acids is 2. The molecule has 3 N–H and O–H groups in total. The van der Waals surface area contributed by atoms with Gasteiger partial charge in [-0.05, 0) is 75.6 Å². The van der Waals surface area contributed by atoms with Crippen molar-refractivity contribution in [3.05, 3.63) is 47.3 Å². The number of rotatable bonds is 6. The lowest BCUT2D eigenvalue weighted by atomic mass is 9.93. The van der Waals surface area contributed by atoms with Crippen molar-refractivity contribution >= 4 is 28.5 Å². The van der Waals surface area contributed by atoms with Gasteiger partial charge in [0.15, 0.2) is 5.88 Å². The molecule has 0 spiro atoms. The van der Waals surface area contributed by atoms with E-state index in [9.17, 15) is 9.59 Å². The Balaban J connectivity index is 1.23. The van der Waals surface area contributed by atoms with Gasteiger partial charge in [0.2, 0.25) is 5.91 Å². The number of amides is 2. The zero-order chi connectivity index (χ0) is 28.7. The number of imidazole rings is 1. The number of nitrogens with zero attached hydrogens (tertiary/aromatic N) is 5. The second kappa shape index (κ2) is 9.55. The molecule has 3 aliphatic heterocycles. The van der Waals surface area contributed by atoms with Gasteiger partial charge in [-0.2, -0.15) is 0 Å². The summed E-state index contributed by atoms with van der Waals surface area (Å²) in [6.45, 7) is 3.63. The van der Waals surface area contributed by atoms with Gasteiger partial charge in [-0.3, -0.25) is 14.0 Å². The number of nitrogens with two attached hydrogens (primary N) is 1. The maximum atomic E-state index is 13.7. The molecule has 1 saturated carbocycles. The van der Waals surface area contributed by atoms with Crippen LogP contribution >= 0.6 is 0 Å². The first-order chi connectivity index (χ1) is 20.4. The Morgan fingerprint density at radius 1 is 1.12 bits per heavy atom. The van der Waals surface area contributed by atoms with Crippen LogP contribution in [0, 0.1) is 12.8 Å². The molecule has 0 unspecified atom stereocenters. The van der Waals surface area contributed by atoms with Crippen LogP contribution in [0.3, 0.4) is 0 Å². The molecule has 2 bridgehead atoms. The van der Waals surface area contributed by atoms with Gasteiger partial charge in [0, 0.05) is 66.3 Å². The van der Waals surface area contributed by atoms with Crippen molar-refractivity contribution in [1.29, 1.82) is 0 Å². The summed E-state index contributed by atoms with van der Waals surface area (Å²) in [5.41, 5.74) is 12.4. The second-order valence-electron chi connectivity index (χ2n) is 12.7. The molecular formula is C32H37N7O3. The number of nitrogens with one attached hydrogen (secondary N) is 1. The molecule has 2 amide bonds. The van der Waals surface area contributed by atoms with Crippen molar-refractivity contribution in [2.24, 2.45) is 11.7 Å². The normalized spacial score (nSPS) is 25.5.